The van der Waals surface area contributed by atoms with Crippen molar-refractivity contribution in [1.82, 2.24) is 4.90 Å². The van der Waals surface area contributed by atoms with E-state index in [2.05, 4.69) is 10.0 Å². The van der Waals surface area contributed by atoms with Crippen molar-refractivity contribution in [2.75, 3.05) is 13.1 Å². The minimum absolute atomic E-state index is 0.0629. The van der Waals surface area contributed by atoms with Crippen molar-refractivity contribution in [1.29, 1.82) is 0 Å². The summed E-state index contributed by atoms with van der Waals surface area (Å²) in [5.74, 6) is -0.508. The van der Waals surface area contributed by atoms with Gasteiger partial charge in [0.05, 0.1) is 13.1 Å². The van der Waals surface area contributed by atoms with E-state index in [4.69, 9.17) is 19.7 Å². The average molecular weight is 312 g/mol. The Morgan fingerprint density at radius 3 is 2.73 bits per heavy atom. The van der Waals surface area contributed by atoms with Crippen LogP contribution in [0.3, 0.4) is 0 Å². The number of hydrogen-bond donors (Lipinski definition) is 0. The van der Waals surface area contributed by atoms with Crippen LogP contribution in [-0.4, -0.2) is 60.0 Å². The molecule has 0 spiro atoms. The number of hydrogen-bond acceptors (Lipinski definition) is 6. The molecular formula is C13H20N4O5. The standard InChI is InChI=1S/C13H20N4O5/c1-7(18)20-8(5-15-16-14)10-11-9(21-11)6-17(10)12(19)22-13(2,3)4/h8-11H,5-6H2,1-4H3/t8-,9+,10-,11+/m1/s1. The Kier molecular flexibility index (Phi) is 4.48. The molecule has 0 aliphatic carbocycles. The van der Waals surface area contributed by atoms with Gasteiger partial charge in [-0.3, -0.25) is 9.69 Å². The van der Waals surface area contributed by atoms with Gasteiger partial charge in [0.2, 0.25) is 0 Å². The average Bonchev–Trinajstić information content (AvgIpc) is 3.03. The molecule has 22 heavy (non-hydrogen) atoms. The lowest BCUT2D eigenvalue weighted by Gasteiger charge is -2.33. The molecule has 0 N–H and O–H groups in total. The van der Waals surface area contributed by atoms with Gasteiger partial charge in [0.1, 0.15) is 30.0 Å². The maximum absolute atomic E-state index is 12.3. The summed E-state index contributed by atoms with van der Waals surface area (Å²) in [5.41, 5.74) is 7.85. The number of epoxide rings is 1. The molecule has 2 aliphatic heterocycles. The molecule has 122 valence electrons. The van der Waals surface area contributed by atoms with Gasteiger partial charge in [0.15, 0.2) is 0 Å². The summed E-state index contributed by atoms with van der Waals surface area (Å²) in [5, 5.41) is 3.46. The van der Waals surface area contributed by atoms with Gasteiger partial charge in [-0.25, -0.2) is 4.79 Å². The number of esters is 1. The fraction of sp³-hybridized carbons (Fsp3) is 0.846. The van der Waals surface area contributed by atoms with Crippen molar-refractivity contribution in [2.24, 2.45) is 5.11 Å². The predicted molar refractivity (Wildman–Crippen MR) is 75.0 cm³/mol. The number of morpholine rings is 1. The fourth-order valence-corrected chi connectivity index (χ4v) is 2.57. The van der Waals surface area contributed by atoms with Crippen molar-refractivity contribution in [3.05, 3.63) is 10.4 Å². The number of likely N-dealkylation sites (tertiary alicyclic amines) is 1. The number of carbonyl (C=O) groups is 2. The molecule has 1 amide bonds. The molecule has 0 bridgehead atoms. The molecule has 9 nitrogen and oxygen atoms in total. The summed E-state index contributed by atoms with van der Waals surface area (Å²) in [6.45, 7) is 6.90. The normalized spacial score (nSPS) is 27.5. The first-order chi connectivity index (χ1) is 10.2. The van der Waals surface area contributed by atoms with Crippen molar-refractivity contribution in [3.63, 3.8) is 0 Å². The molecule has 2 fully saturated rings. The second kappa shape index (κ2) is 6.02. The van der Waals surface area contributed by atoms with E-state index in [0.717, 1.165) is 0 Å². The first-order valence-electron chi connectivity index (χ1n) is 7.06. The van der Waals surface area contributed by atoms with Crippen LogP contribution in [0.4, 0.5) is 4.79 Å². The molecule has 2 heterocycles. The smallest absolute Gasteiger partial charge is 0.410 e. The van der Waals surface area contributed by atoms with Gasteiger partial charge in [-0.1, -0.05) is 5.11 Å². The number of carbonyl (C=O) groups excluding carboxylic acids is 2. The zero-order valence-electron chi connectivity index (χ0n) is 13.1. The van der Waals surface area contributed by atoms with E-state index in [0.29, 0.717) is 6.54 Å². The number of fused-ring (bicyclic) bond motifs is 1. The highest BCUT2D eigenvalue weighted by atomic mass is 16.6. The first kappa shape index (κ1) is 16.4. The van der Waals surface area contributed by atoms with Crippen molar-refractivity contribution < 1.29 is 23.8 Å². The Balaban J connectivity index is 2.14. The van der Waals surface area contributed by atoms with Crippen molar-refractivity contribution in [2.45, 2.75) is 57.6 Å². The summed E-state index contributed by atoms with van der Waals surface area (Å²) in [4.78, 5) is 27.7. The predicted octanol–water partition coefficient (Wildman–Crippen LogP) is 1.62. The molecule has 2 aliphatic rings. The molecule has 0 radical (unpaired) electrons. The van der Waals surface area contributed by atoms with E-state index in [1.54, 1.807) is 20.8 Å². The summed E-state index contributed by atoms with van der Waals surface area (Å²) in [6, 6.07) is -0.505. The fourth-order valence-electron chi connectivity index (χ4n) is 2.57. The monoisotopic (exact) mass is 312 g/mol. The van der Waals surface area contributed by atoms with Crippen LogP contribution < -0.4 is 0 Å². The van der Waals surface area contributed by atoms with Gasteiger partial charge < -0.3 is 14.2 Å². The lowest BCUT2D eigenvalue weighted by Crippen LogP contribution is -2.51. The number of azide groups is 1. The van der Waals surface area contributed by atoms with Crippen LogP contribution in [0.1, 0.15) is 27.7 Å². The maximum Gasteiger partial charge on any atom is 0.410 e. The number of amides is 1. The molecular weight excluding hydrogens is 292 g/mol. The molecule has 9 heteroatoms. The van der Waals surface area contributed by atoms with E-state index in [-0.39, 0.29) is 18.8 Å². The third kappa shape index (κ3) is 3.80. The zero-order valence-corrected chi connectivity index (χ0v) is 13.1. The molecule has 0 aromatic rings. The quantitative estimate of drug-likeness (QED) is 0.257. The van der Waals surface area contributed by atoms with E-state index in [1.165, 1.54) is 11.8 Å². The number of ether oxygens (including phenoxy) is 3. The topological polar surface area (TPSA) is 117 Å². The molecule has 2 rings (SSSR count). The Morgan fingerprint density at radius 1 is 1.50 bits per heavy atom. The SMILES string of the molecule is CC(=O)O[C@H](CN=[N+]=[N-])[C@@H]1[C@H]2O[C@H]2CN1C(=O)OC(C)(C)C. The minimum atomic E-state index is -0.751. The minimum Gasteiger partial charge on any atom is -0.460 e. The van der Waals surface area contributed by atoms with Gasteiger partial charge in [-0.15, -0.1) is 0 Å². The highest BCUT2D eigenvalue weighted by molar-refractivity contribution is 5.70. The molecule has 4 atom stereocenters. The van der Waals surface area contributed by atoms with Gasteiger partial charge in [0, 0.05) is 11.8 Å². The van der Waals surface area contributed by atoms with Crippen LogP contribution >= 0.6 is 0 Å². The second-order valence-corrected chi connectivity index (χ2v) is 6.32. The molecule has 0 saturated carbocycles. The summed E-state index contributed by atoms with van der Waals surface area (Å²) >= 11 is 0. The Labute approximate surface area is 128 Å². The summed E-state index contributed by atoms with van der Waals surface area (Å²) in [6.07, 6.45) is -1.54. The van der Waals surface area contributed by atoms with Gasteiger partial charge in [-0.2, -0.15) is 0 Å². The van der Waals surface area contributed by atoms with E-state index in [1.807, 2.05) is 0 Å². The van der Waals surface area contributed by atoms with Crippen LogP contribution in [0.15, 0.2) is 5.11 Å². The summed E-state index contributed by atoms with van der Waals surface area (Å²) in [7, 11) is 0. The van der Waals surface area contributed by atoms with Crippen LogP contribution in [0.2, 0.25) is 0 Å². The van der Waals surface area contributed by atoms with Crippen LogP contribution in [0.25, 0.3) is 10.4 Å². The highest BCUT2D eigenvalue weighted by Gasteiger charge is 2.60. The summed E-state index contributed by atoms with van der Waals surface area (Å²) < 4.78 is 16.0. The van der Waals surface area contributed by atoms with Gasteiger partial charge >= 0.3 is 12.1 Å². The van der Waals surface area contributed by atoms with Crippen LogP contribution in [0, 0.1) is 0 Å². The number of nitrogens with zero attached hydrogens (tertiary/aromatic N) is 4. The Bertz CT molecular complexity index is 507. The van der Waals surface area contributed by atoms with Crippen LogP contribution in [0.5, 0.6) is 0 Å². The lowest BCUT2D eigenvalue weighted by molar-refractivity contribution is -0.149. The van der Waals surface area contributed by atoms with Gasteiger partial charge in [0.25, 0.3) is 0 Å². The molecule has 0 unspecified atom stereocenters. The van der Waals surface area contributed by atoms with Crippen molar-refractivity contribution in [3.8, 4) is 0 Å². The molecule has 0 aromatic carbocycles. The molecule has 0 aromatic heterocycles. The number of rotatable bonds is 4. The Hall–Kier alpha value is -1.99. The lowest BCUT2D eigenvalue weighted by atomic mass is 10.1. The second-order valence-electron chi connectivity index (χ2n) is 6.32. The third-order valence-corrected chi connectivity index (χ3v) is 3.35. The highest BCUT2D eigenvalue weighted by Crippen LogP contribution is 2.39. The third-order valence-electron chi connectivity index (χ3n) is 3.35. The molecule has 2 saturated heterocycles. The largest absolute Gasteiger partial charge is 0.460 e. The first-order valence-corrected chi connectivity index (χ1v) is 7.06. The van der Waals surface area contributed by atoms with E-state index < -0.39 is 29.8 Å². The van der Waals surface area contributed by atoms with E-state index in [9.17, 15) is 9.59 Å². The van der Waals surface area contributed by atoms with E-state index >= 15 is 0 Å². The Morgan fingerprint density at radius 2 is 2.18 bits per heavy atom. The van der Waals surface area contributed by atoms with Crippen LogP contribution in [-0.2, 0) is 19.0 Å². The zero-order chi connectivity index (χ0) is 16.5. The van der Waals surface area contributed by atoms with Gasteiger partial charge in [-0.05, 0) is 26.3 Å². The van der Waals surface area contributed by atoms with Crippen molar-refractivity contribution >= 4 is 12.1 Å². The maximum atomic E-state index is 12.3.